The Morgan fingerprint density at radius 3 is 2.50 bits per heavy atom. The third kappa shape index (κ3) is 6.18. The highest BCUT2D eigenvalue weighted by Crippen LogP contribution is 2.43. The first-order chi connectivity index (χ1) is 20.1. The van der Waals surface area contributed by atoms with E-state index in [-0.39, 0.29) is 48.9 Å². The summed E-state index contributed by atoms with van der Waals surface area (Å²) in [7, 11) is 0. The molecule has 6 N–H and O–H groups in total. The lowest BCUT2D eigenvalue weighted by atomic mass is 9.80. The molecule has 1 aromatic heterocycles. The second-order valence-corrected chi connectivity index (χ2v) is 12.1. The van der Waals surface area contributed by atoms with Gasteiger partial charge in [-0.25, -0.2) is 0 Å². The van der Waals surface area contributed by atoms with Crippen LogP contribution in [0, 0.1) is 5.41 Å². The molecule has 0 atom stereocenters. The van der Waals surface area contributed by atoms with E-state index in [0.717, 1.165) is 47.0 Å². The number of hydrogen-bond donors (Lipinski definition) is 4. The number of benzene rings is 2. The van der Waals surface area contributed by atoms with Gasteiger partial charge in [0.25, 0.3) is 5.91 Å². The number of esters is 1. The number of ether oxygens (including phenoxy) is 1. The van der Waals surface area contributed by atoms with Crippen LogP contribution in [0.5, 0.6) is 0 Å². The number of carbonyl (C=O) groups is 4. The van der Waals surface area contributed by atoms with Gasteiger partial charge in [-0.3, -0.25) is 23.7 Å². The molecule has 10 heteroatoms. The van der Waals surface area contributed by atoms with E-state index in [2.05, 4.69) is 24.5 Å². The van der Waals surface area contributed by atoms with E-state index in [1.54, 1.807) is 6.07 Å². The van der Waals surface area contributed by atoms with Gasteiger partial charge in [0.05, 0.1) is 11.1 Å². The third-order valence-corrected chi connectivity index (χ3v) is 8.20. The molecule has 10 nitrogen and oxygen atoms in total. The molecule has 2 aliphatic rings. The van der Waals surface area contributed by atoms with Gasteiger partial charge in [-0.15, -0.1) is 0 Å². The number of aromatic nitrogens is 1. The van der Waals surface area contributed by atoms with Gasteiger partial charge in [0.1, 0.15) is 12.6 Å². The van der Waals surface area contributed by atoms with Gasteiger partial charge in [-0.2, -0.15) is 0 Å². The van der Waals surface area contributed by atoms with E-state index in [1.807, 2.05) is 41.0 Å². The molecule has 2 amide bonds. The number of amides is 2. The third-order valence-electron chi connectivity index (χ3n) is 8.20. The second-order valence-electron chi connectivity index (χ2n) is 12.1. The van der Waals surface area contributed by atoms with E-state index in [4.69, 9.17) is 16.2 Å². The Morgan fingerprint density at radius 2 is 1.79 bits per heavy atom. The number of nitrogens with zero attached hydrogens (tertiary/aromatic N) is 1. The average molecular weight is 574 g/mol. The molecular weight excluding hydrogens is 534 g/mol. The van der Waals surface area contributed by atoms with Gasteiger partial charge in [-0.05, 0) is 61.3 Å². The normalized spacial score (nSPS) is 19.6. The predicted octanol–water partition coefficient (Wildman–Crippen LogP) is 3.75. The Kier molecular flexibility index (Phi) is 8.36. The number of rotatable bonds is 9. The van der Waals surface area contributed by atoms with Crippen molar-refractivity contribution in [1.82, 2.24) is 9.88 Å². The van der Waals surface area contributed by atoms with Crippen LogP contribution in [0.25, 0.3) is 22.0 Å². The minimum absolute atomic E-state index is 0.0535. The summed E-state index contributed by atoms with van der Waals surface area (Å²) in [6, 6.07) is 13.6. The van der Waals surface area contributed by atoms with Gasteiger partial charge >= 0.3 is 5.97 Å². The van der Waals surface area contributed by atoms with Gasteiger partial charge in [0, 0.05) is 47.8 Å². The zero-order valence-corrected chi connectivity index (χ0v) is 24.2. The molecule has 0 bridgehead atoms. The number of nitrogens with one attached hydrogen (secondary N) is 2. The molecule has 0 radical (unpaired) electrons. The summed E-state index contributed by atoms with van der Waals surface area (Å²) < 4.78 is 7.41. The van der Waals surface area contributed by atoms with Crippen molar-refractivity contribution in [1.29, 1.82) is 0 Å². The fraction of sp³-hybridized carbons (Fsp3) is 0.438. The van der Waals surface area contributed by atoms with Crippen molar-refractivity contribution < 1.29 is 23.9 Å². The van der Waals surface area contributed by atoms with E-state index in [1.165, 1.54) is 0 Å². The predicted molar refractivity (Wildman–Crippen MR) is 161 cm³/mol. The Morgan fingerprint density at radius 1 is 1.05 bits per heavy atom. The number of carbonyl (C=O) groups excluding carboxylic acids is 4. The minimum Gasteiger partial charge on any atom is -0.461 e. The van der Waals surface area contributed by atoms with Crippen LogP contribution >= 0.6 is 0 Å². The molecule has 1 aliphatic carbocycles. The van der Waals surface area contributed by atoms with Gasteiger partial charge in [-0.1, -0.05) is 38.1 Å². The van der Waals surface area contributed by atoms with Crippen molar-refractivity contribution in [3.8, 4) is 11.1 Å². The minimum atomic E-state index is -0.525. The highest BCUT2D eigenvalue weighted by atomic mass is 16.5. The van der Waals surface area contributed by atoms with Crippen LogP contribution in [0.2, 0.25) is 0 Å². The monoisotopic (exact) mass is 573 g/mol. The quantitative estimate of drug-likeness (QED) is 0.284. The number of para-hydroxylation sites is 1. The molecule has 1 fully saturated rings. The van der Waals surface area contributed by atoms with Crippen LogP contribution in [-0.2, 0) is 20.7 Å². The Bertz CT molecular complexity index is 1530. The molecule has 0 unspecified atom stereocenters. The lowest BCUT2D eigenvalue weighted by Gasteiger charge is -2.31. The zero-order chi connectivity index (χ0) is 30.0. The molecule has 42 heavy (non-hydrogen) atoms. The van der Waals surface area contributed by atoms with E-state index >= 15 is 0 Å². The van der Waals surface area contributed by atoms with Crippen molar-refractivity contribution in [3.63, 3.8) is 0 Å². The Hall–Kier alpha value is -4.18. The van der Waals surface area contributed by atoms with Crippen LogP contribution in [0.4, 0.5) is 5.69 Å². The molecule has 1 saturated carbocycles. The molecule has 0 saturated heterocycles. The molecular formula is C32H39N5O5. The second kappa shape index (κ2) is 12.0. The largest absolute Gasteiger partial charge is 0.461 e. The van der Waals surface area contributed by atoms with Gasteiger partial charge in [0.2, 0.25) is 11.8 Å². The van der Waals surface area contributed by atoms with Crippen LogP contribution in [-0.4, -0.2) is 53.5 Å². The SMILES string of the molecule is CC1(C)CC(=O)n2c(c(-c3ccc(C(N)=O)c(NC4CCC(OC(=O)CNC(=O)CCN)CC4)c3)c3ccccc32)C1. The maximum atomic E-state index is 13.3. The topological polar surface area (TPSA) is 159 Å². The van der Waals surface area contributed by atoms with Gasteiger partial charge in [0.15, 0.2) is 0 Å². The van der Waals surface area contributed by atoms with Crippen LogP contribution in [0.3, 0.4) is 0 Å². The number of nitrogens with two attached hydrogens (primary N) is 2. The van der Waals surface area contributed by atoms with Crippen molar-refractivity contribution in [2.24, 2.45) is 16.9 Å². The van der Waals surface area contributed by atoms with Crippen molar-refractivity contribution in [3.05, 3.63) is 53.7 Å². The smallest absolute Gasteiger partial charge is 0.325 e. The summed E-state index contributed by atoms with van der Waals surface area (Å²) in [5.41, 5.74) is 15.8. The first-order valence-electron chi connectivity index (χ1n) is 14.6. The highest BCUT2D eigenvalue weighted by molar-refractivity contribution is 6.06. The number of fused-ring (bicyclic) bond motifs is 3. The van der Waals surface area contributed by atoms with Crippen molar-refractivity contribution in [2.75, 3.05) is 18.4 Å². The fourth-order valence-electron chi connectivity index (χ4n) is 6.27. The van der Waals surface area contributed by atoms with Gasteiger partial charge < -0.3 is 26.8 Å². The lowest BCUT2D eigenvalue weighted by molar-refractivity contribution is -0.150. The molecule has 3 aromatic rings. The fourth-order valence-corrected chi connectivity index (χ4v) is 6.27. The molecule has 0 spiro atoms. The Labute approximate surface area is 245 Å². The van der Waals surface area contributed by atoms with Crippen LogP contribution in [0.15, 0.2) is 42.5 Å². The maximum Gasteiger partial charge on any atom is 0.325 e. The van der Waals surface area contributed by atoms with E-state index in [0.29, 0.717) is 30.5 Å². The summed E-state index contributed by atoms with van der Waals surface area (Å²) in [6.07, 6.45) is 3.93. The van der Waals surface area contributed by atoms with Crippen LogP contribution in [0.1, 0.15) is 73.2 Å². The maximum absolute atomic E-state index is 13.3. The van der Waals surface area contributed by atoms with Crippen molar-refractivity contribution in [2.45, 2.75) is 70.9 Å². The zero-order valence-electron chi connectivity index (χ0n) is 24.2. The molecule has 1 aliphatic heterocycles. The molecule has 2 aromatic carbocycles. The molecule has 222 valence electrons. The van der Waals surface area contributed by atoms with E-state index in [9.17, 15) is 19.2 Å². The lowest BCUT2D eigenvalue weighted by Crippen LogP contribution is -2.36. The number of hydrogen-bond acceptors (Lipinski definition) is 7. The van der Waals surface area contributed by atoms with E-state index < -0.39 is 11.9 Å². The highest BCUT2D eigenvalue weighted by Gasteiger charge is 2.35. The van der Waals surface area contributed by atoms with Crippen molar-refractivity contribution >= 4 is 40.3 Å². The number of primary amides is 1. The van der Waals surface area contributed by atoms with Crippen LogP contribution < -0.4 is 22.1 Å². The Balaban J connectivity index is 1.35. The molecule has 2 heterocycles. The first kappa shape index (κ1) is 29.3. The molecule has 5 rings (SSSR count). The number of anilines is 1. The summed E-state index contributed by atoms with van der Waals surface area (Å²) >= 11 is 0. The summed E-state index contributed by atoms with van der Waals surface area (Å²) in [6.45, 7) is 4.28. The summed E-state index contributed by atoms with van der Waals surface area (Å²) in [5, 5.41) is 7.04. The average Bonchev–Trinajstić information content (AvgIpc) is 3.26. The standard InChI is InChI=1S/C32H39N5O5/c1-32(2)16-26-30(23-5-3-4-6-25(23)37(26)28(39)17-32)19-7-12-22(31(34)41)24(15-19)36-20-8-10-21(11-9-20)42-29(40)18-35-27(38)13-14-33/h3-7,12,15,20-21,36H,8-11,13-14,16-18,33H2,1-2H3,(H2,34,41)(H,35,38). The summed E-state index contributed by atoms with van der Waals surface area (Å²) in [5.74, 6) is -1.18. The first-order valence-corrected chi connectivity index (χ1v) is 14.6. The summed E-state index contributed by atoms with van der Waals surface area (Å²) in [4.78, 5) is 49.4.